The molecule has 1 saturated carbocycles. The summed E-state index contributed by atoms with van der Waals surface area (Å²) in [5.41, 5.74) is 0.952. The highest BCUT2D eigenvalue weighted by Crippen LogP contribution is 2.31. The van der Waals surface area contributed by atoms with E-state index in [9.17, 15) is 4.79 Å². The van der Waals surface area contributed by atoms with Gasteiger partial charge in [0.15, 0.2) is 0 Å². The van der Waals surface area contributed by atoms with Gasteiger partial charge in [0.05, 0.1) is 0 Å². The highest BCUT2D eigenvalue weighted by atomic mass is 79.9. The second kappa shape index (κ2) is 7.91. The lowest BCUT2D eigenvalue weighted by atomic mass is 9.87. The molecule has 26 heavy (non-hydrogen) atoms. The van der Waals surface area contributed by atoms with Crippen molar-refractivity contribution in [2.75, 3.05) is 13.1 Å². The number of carbonyl (C=O) groups excluding carboxylic acids is 1. The van der Waals surface area contributed by atoms with Gasteiger partial charge in [0.1, 0.15) is 0 Å². The van der Waals surface area contributed by atoms with Crippen molar-refractivity contribution in [3.63, 3.8) is 0 Å². The largest absolute Gasteiger partial charge is 0.342 e. The van der Waals surface area contributed by atoms with E-state index in [2.05, 4.69) is 31.0 Å². The Kier molecular flexibility index (Phi) is 5.38. The molecule has 2 aliphatic rings. The van der Waals surface area contributed by atoms with Gasteiger partial charge in [0.2, 0.25) is 17.6 Å². The molecule has 0 bridgehead atoms. The van der Waals surface area contributed by atoms with Crippen molar-refractivity contribution in [3.8, 4) is 11.4 Å². The standard InChI is InChI=1S/C20H24BrN3O2/c21-17-8-6-14(7-9-17)18-22-19(26-23-18)15-10-12-24(13-11-15)20(25)16-4-2-1-3-5-16/h6-9,15-16H,1-5,10-13H2. The zero-order valence-corrected chi connectivity index (χ0v) is 16.5. The molecule has 0 atom stereocenters. The molecule has 138 valence electrons. The highest BCUT2D eigenvalue weighted by Gasteiger charge is 2.31. The van der Waals surface area contributed by atoms with Crippen LogP contribution in [0.1, 0.15) is 56.8 Å². The third kappa shape index (κ3) is 3.85. The number of benzene rings is 1. The molecule has 6 heteroatoms. The topological polar surface area (TPSA) is 59.2 Å². The first-order chi connectivity index (χ1) is 12.7. The number of aromatic nitrogens is 2. The molecule has 1 amide bonds. The van der Waals surface area contributed by atoms with Gasteiger partial charge in [-0.1, -0.05) is 40.3 Å². The summed E-state index contributed by atoms with van der Waals surface area (Å²) in [6.07, 6.45) is 7.63. The maximum absolute atomic E-state index is 12.7. The average Bonchev–Trinajstić information content (AvgIpc) is 3.19. The first-order valence-corrected chi connectivity index (χ1v) is 10.4. The summed E-state index contributed by atoms with van der Waals surface area (Å²) in [7, 11) is 0. The maximum atomic E-state index is 12.7. The third-order valence-corrected chi connectivity index (χ3v) is 6.18. The first kappa shape index (κ1) is 17.7. The van der Waals surface area contributed by atoms with Crippen LogP contribution in [0.3, 0.4) is 0 Å². The number of hydrogen-bond donors (Lipinski definition) is 0. The molecule has 0 unspecified atom stereocenters. The normalized spacial score (nSPS) is 19.7. The van der Waals surface area contributed by atoms with Crippen molar-refractivity contribution >= 4 is 21.8 Å². The van der Waals surface area contributed by atoms with E-state index >= 15 is 0 Å². The Hall–Kier alpha value is -1.69. The van der Waals surface area contributed by atoms with Gasteiger partial charge in [-0.05, 0) is 49.9 Å². The van der Waals surface area contributed by atoms with Gasteiger partial charge < -0.3 is 9.42 Å². The van der Waals surface area contributed by atoms with Crippen LogP contribution in [-0.2, 0) is 4.79 Å². The predicted octanol–water partition coefficient (Wildman–Crippen LogP) is 4.79. The molecule has 1 aliphatic heterocycles. The van der Waals surface area contributed by atoms with Crippen LogP contribution in [-0.4, -0.2) is 34.0 Å². The summed E-state index contributed by atoms with van der Waals surface area (Å²) in [6, 6.07) is 7.90. The fourth-order valence-corrected chi connectivity index (χ4v) is 4.34. The van der Waals surface area contributed by atoms with Gasteiger partial charge in [-0.2, -0.15) is 4.98 Å². The van der Waals surface area contributed by atoms with Crippen molar-refractivity contribution in [1.29, 1.82) is 0 Å². The number of halogens is 1. The molecule has 0 radical (unpaired) electrons. The van der Waals surface area contributed by atoms with Crippen molar-refractivity contribution in [1.82, 2.24) is 15.0 Å². The molecule has 0 spiro atoms. The summed E-state index contributed by atoms with van der Waals surface area (Å²) >= 11 is 3.44. The predicted molar refractivity (Wildman–Crippen MR) is 103 cm³/mol. The Morgan fingerprint density at radius 2 is 1.73 bits per heavy atom. The summed E-state index contributed by atoms with van der Waals surface area (Å²) < 4.78 is 6.55. The summed E-state index contributed by atoms with van der Waals surface area (Å²) in [6.45, 7) is 1.60. The molecule has 0 N–H and O–H groups in total. The van der Waals surface area contributed by atoms with Crippen LogP contribution in [0.25, 0.3) is 11.4 Å². The van der Waals surface area contributed by atoms with Crippen molar-refractivity contribution < 1.29 is 9.32 Å². The van der Waals surface area contributed by atoms with Crippen molar-refractivity contribution in [2.24, 2.45) is 5.92 Å². The number of nitrogens with zero attached hydrogens (tertiary/aromatic N) is 3. The maximum Gasteiger partial charge on any atom is 0.230 e. The third-order valence-electron chi connectivity index (χ3n) is 5.65. The quantitative estimate of drug-likeness (QED) is 0.720. The van der Waals surface area contributed by atoms with Gasteiger partial charge in [0.25, 0.3) is 0 Å². The summed E-state index contributed by atoms with van der Waals surface area (Å²) in [5.74, 6) is 2.21. The number of rotatable bonds is 3. The first-order valence-electron chi connectivity index (χ1n) is 9.59. The van der Waals surface area contributed by atoms with E-state index in [1.54, 1.807) is 0 Å². The van der Waals surface area contributed by atoms with E-state index in [0.717, 1.165) is 48.8 Å². The highest BCUT2D eigenvalue weighted by molar-refractivity contribution is 9.10. The number of carbonyl (C=O) groups is 1. The lowest BCUT2D eigenvalue weighted by Gasteiger charge is -2.34. The van der Waals surface area contributed by atoms with E-state index in [4.69, 9.17) is 4.52 Å². The molecular formula is C20H24BrN3O2. The van der Waals surface area contributed by atoms with Gasteiger partial charge >= 0.3 is 0 Å². The van der Waals surface area contributed by atoms with Crippen LogP contribution >= 0.6 is 15.9 Å². The fraction of sp³-hybridized carbons (Fsp3) is 0.550. The molecule has 2 heterocycles. The number of piperidine rings is 1. The molecule has 1 aromatic carbocycles. The summed E-state index contributed by atoms with van der Waals surface area (Å²) in [4.78, 5) is 19.3. The number of amides is 1. The second-order valence-electron chi connectivity index (χ2n) is 7.40. The Morgan fingerprint density at radius 3 is 2.42 bits per heavy atom. The number of hydrogen-bond acceptors (Lipinski definition) is 4. The lowest BCUT2D eigenvalue weighted by Crippen LogP contribution is -2.41. The zero-order valence-electron chi connectivity index (χ0n) is 14.9. The Bertz CT molecular complexity index is 745. The average molecular weight is 418 g/mol. The fourth-order valence-electron chi connectivity index (χ4n) is 4.07. The van der Waals surface area contributed by atoms with E-state index in [1.807, 2.05) is 24.3 Å². The molecule has 4 rings (SSSR count). The van der Waals surface area contributed by atoms with E-state index in [0.29, 0.717) is 17.6 Å². The smallest absolute Gasteiger partial charge is 0.230 e. The van der Waals surface area contributed by atoms with E-state index < -0.39 is 0 Å². The molecule has 5 nitrogen and oxygen atoms in total. The lowest BCUT2D eigenvalue weighted by molar-refractivity contribution is -0.137. The Labute approximate surface area is 162 Å². The van der Waals surface area contributed by atoms with Crippen molar-refractivity contribution in [3.05, 3.63) is 34.6 Å². The van der Waals surface area contributed by atoms with Gasteiger partial charge in [0, 0.05) is 35.0 Å². The van der Waals surface area contributed by atoms with Crippen LogP contribution in [0.15, 0.2) is 33.3 Å². The molecule has 1 aromatic heterocycles. The Balaban J connectivity index is 1.36. The minimum Gasteiger partial charge on any atom is -0.342 e. The molecule has 1 saturated heterocycles. The molecule has 1 aliphatic carbocycles. The van der Waals surface area contributed by atoms with E-state index in [1.165, 1.54) is 19.3 Å². The van der Waals surface area contributed by atoms with Gasteiger partial charge in [-0.15, -0.1) is 0 Å². The van der Waals surface area contributed by atoms with Crippen LogP contribution in [0.5, 0.6) is 0 Å². The SMILES string of the molecule is O=C(C1CCCCC1)N1CCC(c2nc(-c3ccc(Br)cc3)no2)CC1. The number of likely N-dealkylation sites (tertiary alicyclic amines) is 1. The zero-order chi connectivity index (χ0) is 17.9. The minimum absolute atomic E-state index is 0.252. The molecular weight excluding hydrogens is 394 g/mol. The van der Waals surface area contributed by atoms with Crippen molar-refractivity contribution in [2.45, 2.75) is 50.9 Å². The van der Waals surface area contributed by atoms with Crippen LogP contribution in [0.4, 0.5) is 0 Å². The summed E-state index contributed by atoms with van der Waals surface area (Å²) in [5, 5.41) is 4.14. The minimum atomic E-state index is 0.252. The van der Waals surface area contributed by atoms with Crippen LogP contribution in [0.2, 0.25) is 0 Å². The van der Waals surface area contributed by atoms with Crippen LogP contribution < -0.4 is 0 Å². The monoisotopic (exact) mass is 417 g/mol. The van der Waals surface area contributed by atoms with Gasteiger partial charge in [-0.25, -0.2) is 0 Å². The second-order valence-corrected chi connectivity index (χ2v) is 8.31. The van der Waals surface area contributed by atoms with Gasteiger partial charge in [-0.3, -0.25) is 4.79 Å². The van der Waals surface area contributed by atoms with E-state index in [-0.39, 0.29) is 11.8 Å². The molecule has 2 fully saturated rings. The van der Waals surface area contributed by atoms with Crippen LogP contribution in [0, 0.1) is 5.92 Å². The Morgan fingerprint density at radius 1 is 1.04 bits per heavy atom. The molecule has 2 aromatic rings.